The summed E-state index contributed by atoms with van der Waals surface area (Å²) in [6, 6.07) is 15.0. The first kappa shape index (κ1) is 19.2. The van der Waals surface area contributed by atoms with Crippen molar-refractivity contribution in [3.63, 3.8) is 0 Å². The van der Waals surface area contributed by atoms with Crippen LogP contribution in [0.15, 0.2) is 48.5 Å². The molecule has 1 saturated heterocycles. The number of hydrogen-bond donors (Lipinski definition) is 1. The maximum atomic E-state index is 12.6. The number of nitrogens with two attached hydrogens (primary N) is 1. The van der Waals surface area contributed by atoms with Crippen molar-refractivity contribution in [3.05, 3.63) is 59.1 Å². The summed E-state index contributed by atoms with van der Waals surface area (Å²) in [5.41, 5.74) is 6.98. The van der Waals surface area contributed by atoms with Crippen molar-refractivity contribution >= 4 is 29.1 Å². The molecule has 0 unspecified atom stereocenters. The van der Waals surface area contributed by atoms with E-state index in [0.29, 0.717) is 30.4 Å². The van der Waals surface area contributed by atoms with Crippen LogP contribution in [-0.2, 0) is 16.1 Å². The molecule has 0 aliphatic carbocycles. The third kappa shape index (κ3) is 4.99. The molecule has 2 aromatic carbocycles. The fraction of sp³-hybridized carbons (Fsp3) is 0.300. The normalized spacial score (nSPS) is 17.8. The van der Waals surface area contributed by atoms with Crippen LogP contribution in [0, 0.1) is 0 Å². The van der Waals surface area contributed by atoms with E-state index in [4.69, 9.17) is 22.1 Å². The number of ether oxygens (including phenoxy) is 1. The summed E-state index contributed by atoms with van der Waals surface area (Å²) < 4.78 is 5.35. The Labute approximate surface area is 163 Å². The Bertz CT molecular complexity index is 825. The van der Waals surface area contributed by atoms with Crippen molar-refractivity contribution in [2.75, 3.05) is 24.6 Å². The third-order valence-electron chi connectivity index (χ3n) is 4.51. The molecule has 6 nitrogen and oxygen atoms in total. The first-order valence-corrected chi connectivity index (χ1v) is 9.10. The van der Waals surface area contributed by atoms with Gasteiger partial charge in [-0.25, -0.2) is 0 Å². The standard InChI is InChI=1S/C20H22ClN3O3/c1-14-10-24(17-7-5-16(21)6-8-17)20(26)12-23(14)11-15-3-2-4-18(9-15)27-13-19(22)25/h2-9,14H,10-13H2,1H3,(H2,22,25)/t14-/m1/s1. The highest BCUT2D eigenvalue weighted by atomic mass is 35.5. The summed E-state index contributed by atoms with van der Waals surface area (Å²) in [4.78, 5) is 27.4. The van der Waals surface area contributed by atoms with E-state index >= 15 is 0 Å². The summed E-state index contributed by atoms with van der Waals surface area (Å²) in [5.74, 6) is 0.125. The van der Waals surface area contributed by atoms with Gasteiger partial charge in [0.1, 0.15) is 5.75 Å². The molecule has 0 radical (unpaired) electrons. The predicted molar refractivity (Wildman–Crippen MR) is 105 cm³/mol. The van der Waals surface area contributed by atoms with Gasteiger partial charge in [-0.3, -0.25) is 14.5 Å². The van der Waals surface area contributed by atoms with Gasteiger partial charge in [0.15, 0.2) is 6.61 Å². The van der Waals surface area contributed by atoms with Gasteiger partial charge < -0.3 is 15.4 Å². The quantitative estimate of drug-likeness (QED) is 0.826. The Morgan fingerprint density at radius 1 is 1.26 bits per heavy atom. The van der Waals surface area contributed by atoms with Crippen molar-refractivity contribution in [3.8, 4) is 5.75 Å². The van der Waals surface area contributed by atoms with Crippen molar-refractivity contribution in [2.24, 2.45) is 5.73 Å². The van der Waals surface area contributed by atoms with Crippen LogP contribution in [0.5, 0.6) is 5.75 Å². The van der Waals surface area contributed by atoms with Gasteiger partial charge in [-0.05, 0) is 48.9 Å². The van der Waals surface area contributed by atoms with Crippen molar-refractivity contribution < 1.29 is 14.3 Å². The van der Waals surface area contributed by atoms with Gasteiger partial charge in [0.2, 0.25) is 5.91 Å². The molecule has 2 N–H and O–H groups in total. The molecule has 0 spiro atoms. The smallest absolute Gasteiger partial charge is 0.255 e. The van der Waals surface area contributed by atoms with E-state index in [0.717, 1.165) is 11.3 Å². The first-order chi connectivity index (χ1) is 12.9. The average molecular weight is 388 g/mol. The summed E-state index contributed by atoms with van der Waals surface area (Å²) in [6.45, 7) is 3.50. The van der Waals surface area contributed by atoms with Gasteiger partial charge in [-0.1, -0.05) is 23.7 Å². The highest BCUT2D eigenvalue weighted by Gasteiger charge is 2.30. The molecule has 1 atom stereocenters. The van der Waals surface area contributed by atoms with Crippen LogP contribution in [-0.4, -0.2) is 42.5 Å². The molecule has 1 fully saturated rings. The predicted octanol–water partition coefficient (Wildman–Crippen LogP) is 2.44. The fourth-order valence-electron chi connectivity index (χ4n) is 3.10. The summed E-state index contributed by atoms with van der Waals surface area (Å²) in [7, 11) is 0. The Morgan fingerprint density at radius 3 is 2.70 bits per heavy atom. The van der Waals surface area contributed by atoms with E-state index in [-0.39, 0.29) is 18.6 Å². The monoisotopic (exact) mass is 387 g/mol. The zero-order valence-corrected chi connectivity index (χ0v) is 15.9. The number of piperazine rings is 1. The number of rotatable bonds is 6. The Morgan fingerprint density at radius 2 is 2.00 bits per heavy atom. The Hall–Kier alpha value is -2.57. The number of hydrogen-bond acceptors (Lipinski definition) is 4. The molecule has 7 heteroatoms. The molecular weight excluding hydrogens is 366 g/mol. The SMILES string of the molecule is C[C@@H]1CN(c2ccc(Cl)cc2)C(=O)CN1Cc1cccc(OCC(N)=O)c1. The van der Waals surface area contributed by atoms with Crippen molar-refractivity contribution in [1.82, 2.24) is 4.90 Å². The molecule has 2 amide bonds. The number of carbonyl (C=O) groups is 2. The van der Waals surface area contributed by atoms with Gasteiger partial charge in [0.25, 0.3) is 5.91 Å². The Kier molecular flexibility index (Phi) is 5.98. The van der Waals surface area contributed by atoms with Crippen LogP contribution in [0.2, 0.25) is 5.02 Å². The highest BCUT2D eigenvalue weighted by Crippen LogP contribution is 2.24. The second-order valence-electron chi connectivity index (χ2n) is 6.64. The highest BCUT2D eigenvalue weighted by molar-refractivity contribution is 6.30. The molecular formula is C20H22ClN3O3. The van der Waals surface area contributed by atoms with Gasteiger partial charge in [-0.15, -0.1) is 0 Å². The van der Waals surface area contributed by atoms with Crippen molar-refractivity contribution in [1.29, 1.82) is 0 Å². The van der Waals surface area contributed by atoms with Crippen LogP contribution in [0.4, 0.5) is 5.69 Å². The van der Waals surface area contributed by atoms with E-state index in [9.17, 15) is 9.59 Å². The van der Waals surface area contributed by atoms with Crippen LogP contribution in [0.3, 0.4) is 0 Å². The lowest BCUT2D eigenvalue weighted by molar-refractivity contribution is -0.122. The number of amides is 2. The Balaban J connectivity index is 1.65. The van der Waals surface area contributed by atoms with Gasteiger partial charge in [0, 0.05) is 29.8 Å². The summed E-state index contributed by atoms with van der Waals surface area (Å²) in [6.07, 6.45) is 0. The molecule has 1 aliphatic rings. The zero-order chi connectivity index (χ0) is 19.4. The lowest BCUT2D eigenvalue weighted by Crippen LogP contribution is -2.54. The topological polar surface area (TPSA) is 75.9 Å². The number of halogens is 1. The number of primary amides is 1. The fourth-order valence-corrected chi connectivity index (χ4v) is 3.23. The van der Waals surface area contributed by atoms with E-state index in [1.807, 2.05) is 30.3 Å². The molecule has 0 bridgehead atoms. The summed E-state index contributed by atoms with van der Waals surface area (Å²) >= 11 is 5.93. The van der Waals surface area contributed by atoms with Crippen LogP contribution in [0.1, 0.15) is 12.5 Å². The van der Waals surface area contributed by atoms with Crippen LogP contribution < -0.4 is 15.4 Å². The minimum atomic E-state index is -0.516. The van der Waals surface area contributed by atoms with E-state index < -0.39 is 5.91 Å². The number of anilines is 1. The van der Waals surface area contributed by atoms with Gasteiger partial charge >= 0.3 is 0 Å². The molecule has 3 rings (SSSR count). The summed E-state index contributed by atoms with van der Waals surface area (Å²) in [5, 5.41) is 0.649. The maximum Gasteiger partial charge on any atom is 0.255 e. The maximum absolute atomic E-state index is 12.6. The number of benzene rings is 2. The second-order valence-corrected chi connectivity index (χ2v) is 7.07. The van der Waals surface area contributed by atoms with E-state index in [1.54, 1.807) is 23.1 Å². The van der Waals surface area contributed by atoms with E-state index in [1.165, 1.54) is 0 Å². The van der Waals surface area contributed by atoms with Gasteiger partial charge in [-0.2, -0.15) is 0 Å². The van der Waals surface area contributed by atoms with Gasteiger partial charge in [0.05, 0.1) is 6.54 Å². The minimum Gasteiger partial charge on any atom is -0.484 e. The minimum absolute atomic E-state index is 0.0524. The molecule has 2 aromatic rings. The zero-order valence-electron chi connectivity index (χ0n) is 15.1. The van der Waals surface area contributed by atoms with E-state index in [2.05, 4.69) is 11.8 Å². The average Bonchev–Trinajstić information content (AvgIpc) is 2.64. The molecule has 142 valence electrons. The largest absolute Gasteiger partial charge is 0.484 e. The van der Waals surface area contributed by atoms with Crippen molar-refractivity contribution in [2.45, 2.75) is 19.5 Å². The first-order valence-electron chi connectivity index (χ1n) is 8.72. The number of nitrogens with zero attached hydrogens (tertiary/aromatic N) is 2. The second kappa shape index (κ2) is 8.41. The molecule has 1 heterocycles. The lowest BCUT2D eigenvalue weighted by atomic mass is 10.1. The van der Waals surface area contributed by atoms with Crippen LogP contribution >= 0.6 is 11.6 Å². The molecule has 0 aromatic heterocycles. The van der Waals surface area contributed by atoms with Crippen LogP contribution in [0.25, 0.3) is 0 Å². The lowest BCUT2D eigenvalue weighted by Gasteiger charge is -2.39. The molecule has 0 saturated carbocycles. The third-order valence-corrected chi connectivity index (χ3v) is 4.77. The number of carbonyl (C=O) groups excluding carboxylic acids is 2. The molecule has 27 heavy (non-hydrogen) atoms. The molecule has 1 aliphatic heterocycles.